The number of esters is 1. The minimum absolute atomic E-state index is 0.0909. The van der Waals surface area contributed by atoms with Gasteiger partial charge in [0.05, 0.1) is 11.5 Å². The van der Waals surface area contributed by atoms with Crippen molar-refractivity contribution in [2.24, 2.45) is 0 Å². The lowest BCUT2D eigenvalue weighted by atomic mass is 10.0. The van der Waals surface area contributed by atoms with Gasteiger partial charge < -0.3 is 10.5 Å². The van der Waals surface area contributed by atoms with Crippen LogP contribution in [0.4, 0.5) is 20.2 Å². The summed E-state index contributed by atoms with van der Waals surface area (Å²) in [6, 6.07) is 1.51. The number of nitro benzene ring substituents is 1. The van der Waals surface area contributed by atoms with Crippen LogP contribution in [0.3, 0.4) is 0 Å². The number of carbonyl (C=O) groups is 1. The summed E-state index contributed by atoms with van der Waals surface area (Å²) in [7, 11) is 0. The number of halogens is 2. The minimum Gasteiger partial charge on any atom is -0.461 e. The number of aryl methyl sites for hydroxylation is 1. The Balaban J connectivity index is 3.35. The number of hydrogen-bond acceptors (Lipinski definition) is 5. The van der Waals surface area contributed by atoms with Crippen molar-refractivity contribution < 1.29 is 23.2 Å². The maximum Gasteiger partial charge on any atom is 0.381 e. The first kappa shape index (κ1) is 14.8. The van der Waals surface area contributed by atoms with Crippen LogP contribution >= 0.6 is 0 Å². The zero-order chi connectivity index (χ0) is 14.8. The Labute approximate surface area is 107 Å². The van der Waals surface area contributed by atoms with Crippen molar-refractivity contribution in [3.05, 3.63) is 33.4 Å². The first-order valence-corrected chi connectivity index (χ1v) is 5.31. The quantitative estimate of drug-likeness (QED) is 0.393. The van der Waals surface area contributed by atoms with Gasteiger partial charge in [-0.05, 0) is 25.5 Å². The lowest BCUT2D eigenvalue weighted by Crippen LogP contribution is -2.28. The molecular formula is C11H12F2N2O4. The summed E-state index contributed by atoms with van der Waals surface area (Å²) in [6.07, 6.45) is 0. The van der Waals surface area contributed by atoms with Crippen molar-refractivity contribution in [3.8, 4) is 0 Å². The summed E-state index contributed by atoms with van der Waals surface area (Å²) in [5.41, 5.74) is 3.82. The van der Waals surface area contributed by atoms with Gasteiger partial charge in [0.15, 0.2) is 0 Å². The summed E-state index contributed by atoms with van der Waals surface area (Å²) in [4.78, 5) is 21.0. The second kappa shape index (κ2) is 5.17. The van der Waals surface area contributed by atoms with Crippen LogP contribution in [0.25, 0.3) is 0 Å². The summed E-state index contributed by atoms with van der Waals surface area (Å²) >= 11 is 0. The third-order valence-corrected chi connectivity index (χ3v) is 2.46. The van der Waals surface area contributed by atoms with Gasteiger partial charge in [-0.1, -0.05) is 0 Å². The van der Waals surface area contributed by atoms with E-state index in [2.05, 4.69) is 4.74 Å². The summed E-state index contributed by atoms with van der Waals surface area (Å²) in [5, 5.41) is 10.7. The van der Waals surface area contributed by atoms with Crippen LogP contribution in [0.5, 0.6) is 0 Å². The molecule has 0 aliphatic rings. The highest BCUT2D eigenvalue weighted by Crippen LogP contribution is 2.35. The Kier molecular flexibility index (Phi) is 4.03. The van der Waals surface area contributed by atoms with Crippen LogP contribution in [0, 0.1) is 17.0 Å². The van der Waals surface area contributed by atoms with Gasteiger partial charge in [0.1, 0.15) is 5.69 Å². The number of anilines is 1. The van der Waals surface area contributed by atoms with Gasteiger partial charge in [-0.2, -0.15) is 8.78 Å². The Morgan fingerprint density at radius 2 is 2.11 bits per heavy atom. The first-order chi connectivity index (χ1) is 8.71. The zero-order valence-electron chi connectivity index (χ0n) is 10.3. The second-order valence-corrected chi connectivity index (χ2v) is 3.78. The molecule has 0 radical (unpaired) electrons. The number of benzene rings is 1. The Bertz CT molecular complexity index is 532. The number of nitrogen functional groups attached to an aromatic ring is 1. The smallest absolute Gasteiger partial charge is 0.381 e. The average Bonchev–Trinajstić information content (AvgIpc) is 2.32. The van der Waals surface area contributed by atoms with Crippen molar-refractivity contribution in [2.45, 2.75) is 19.8 Å². The molecular weight excluding hydrogens is 262 g/mol. The molecule has 104 valence electrons. The third kappa shape index (κ3) is 2.78. The average molecular weight is 274 g/mol. The van der Waals surface area contributed by atoms with Gasteiger partial charge in [0, 0.05) is 11.6 Å². The predicted molar refractivity (Wildman–Crippen MR) is 62.8 cm³/mol. The van der Waals surface area contributed by atoms with E-state index in [1.54, 1.807) is 0 Å². The highest BCUT2D eigenvalue weighted by atomic mass is 19.3. The van der Waals surface area contributed by atoms with Crippen LogP contribution in [-0.2, 0) is 15.5 Å². The molecule has 1 aromatic carbocycles. The monoisotopic (exact) mass is 274 g/mol. The number of nitrogens with zero attached hydrogens (tertiary/aromatic N) is 1. The van der Waals surface area contributed by atoms with E-state index in [9.17, 15) is 23.7 Å². The van der Waals surface area contributed by atoms with Crippen LogP contribution in [0.15, 0.2) is 12.1 Å². The fraction of sp³-hybridized carbons (Fsp3) is 0.364. The maximum absolute atomic E-state index is 13.8. The van der Waals surface area contributed by atoms with Gasteiger partial charge in [-0.3, -0.25) is 10.1 Å². The highest BCUT2D eigenvalue weighted by molar-refractivity contribution is 5.80. The van der Waals surface area contributed by atoms with Crippen molar-refractivity contribution in [1.82, 2.24) is 0 Å². The van der Waals surface area contributed by atoms with Crippen LogP contribution in [0.1, 0.15) is 18.1 Å². The molecule has 0 heterocycles. The van der Waals surface area contributed by atoms with E-state index >= 15 is 0 Å². The summed E-state index contributed by atoms with van der Waals surface area (Å²) in [6.45, 7) is 2.50. The number of ether oxygens (including phenoxy) is 1. The number of carbonyl (C=O) groups excluding carboxylic acids is 1. The number of nitro groups is 1. The molecule has 8 heteroatoms. The number of hydrogen-bond donors (Lipinski definition) is 1. The van der Waals surface area contributed by atoms with E-state index in [0.717, 1.165) is 6.07 Å². The van der Waals surface area contributed by atoms with E-state index in [-0.39, 0.29) is 17.9 Å². The lowest BCUT2D eigenvalue weighted by Gasteiger charge is -2.16. The van der Waals surface area contributed by atoms with E-state index in [1.165, 1.54) is 13.8 Å². The molecule has 0 atom stereocenters. The molecule has 0 aliphatic carbocycles. The molecule has 0 saturated carbocycles. The third-order valence-electron chi connectivity index (χ3n) is 2.46. The molecule has 0 spiro atoms. The molecule has 2 N–H and O–H groups in total. The number of nitrogens with two attached hydrogens (primary N) is 1. The van der Waals surface area contributed by atoms with E-state index in [1.807, 2.05) is 0 Å². The number of rotatable bonds is 4. The van der Waals surface area contributed by atoms with Crippen molar-refractivity contribution in [1.29, 1.82) is 0 Å². The Morgan fingerprint density at radius 3 is 2.58 bits per heavy atom. The topological polar surface area (TPSA) is 95.5 Å². The number of alkyl halides is 2. The zero-order valence-corrected chi connectivity index (χ0v) is 10.3. The Morgan fingerprint density at radius 1 is 1.53 bits per heavy atom. The minimum atomic E-state index is -3.96. The molecule has 0 unspecified atom stereocenters. The van der Waals surface area contributed by atoms with Crippen molar-refractivity contribution >= 4 is 17.3 Å². The summed E-state index contributed by atoms with van der Waals surface area (Å²) in [5.74, 6) is -5.72. The van der Waals surface area contributed by atoms with E-state index in [0.29, 0.717) is 6.07 Å². The molecule has 0 fully saturated rings. The molecule has 0 aromatic heterocycles. The largest absolute Gasteiger partial charge is 0.461 e. The van der Waals surface area contributed by atoms with Gasteiger partial charge >= 0.3 is 11.9 Å². The molecule has 19 heavy (non-hydrogen) atoms. The molecule has 0 bridgehead atoms. The molecule has 0 saturated heterocycles. The fourth-order valence-electron chi connectivity index (χ4n) is 1.45. The van der Waals surface area contributed by atoms with Gasteiger partial charge in [-0.15, -0.1) is 0 Å². The standard InChI is InChI=1S/C11H12F2N2O4/c1-3-19-10(16)11(12,13)7-4-6(2)9(14)8(5-7)15(17)18/h4-5H,3,14H2,1-2H3. The van der Waals surface area contributed by atoms with E-state index in [4.69, 9.17) is 5.73 Å². The molecule has 0 aliphatic heterocycles. The molecule has 1 aromatic rings. The van der Waals surface area contributed by atoms with Crippen LogP contribution in [-0.4, -0.2) is 17.5 Å². The predicted octanol–water partition coefficient (Wildman–Crippen LogP) is 2.14. The highest BCUT2D eigenvalue weighted by Gasteiger charge is 2.44. The van der Waals surface area contributed by atoms with Crippen LogP contribution in [0.2, 0.25) is 0 Å². The molecule has 0 amide bonds. The SMILES string of the molecule is CCOC(=O)C(F)(F)c1cc(C)c(N)c([N+](=O)[O-])c1. The van der Waals surface area contributed by atoms with Gasteiger partial charge in [-0.25, -0.2) is 4.79 Å². The van der Waals surface area contributed by atoms with Crippen molar-refractivity contribution in [2.75, 3.05) is 12.3 Å². The maximum atomic E-state index is 13.8. The Hall–Kier alpha value is -2.25. The van der Waals surface area contributed by atoms with Gasteiger partial charge in [0.25, 0.3) is 5.69 Å². The molecule has 1 rings (SSSR count). The summed E-state index contributed by atoms with van der Waals surface area (Å²) < 4.78 is 31.7. The second-order valence-electron chi connectivity index (χ2n) is 3.78. The van der Waals surface area contributed by atoms with Crippen molar-refractivity contribution in [3.63, 3.8) is 0 Å². The first-order valence-electron chi connectivity index (χ1n) is 5.31. The lowest BCUT2D eigenvalue weighted by molar-refractivity contribution is -0.384. The normalized spacial score (nSPS) is 11.2. The van der Waals surface area contributed by atoms with E-state index < -0.39 is 28.1 Å². The van der Waals surface area contributed by atoms with Crippen LogP contribution < -0.4 is 5.73 Å². The fourth-order valence-corrected chi connectivity index (χ4v) is 1.45. The molecule has 6 nitrogen and oxygen atoms in total. The van der Waals surface area contributed by atoms with Gasteiger partial charge in [0.2, 0.25) is 0 Å².